The summed E-state index contributed by atoms with van der Waals surface area (Å²) in [5.74, 6) is 0.258. The number of fused-ring (bicyclic) bond motifs is 1. The van der Waals surface area contributed by atoms with Crippen molar-refractivity contribution >= 4 is 33.2 Å². The van der Waals surface area contributed by atoms with Crippen LogP contribution >= 0.6 is 11.6 Å². The Labute approximate surface area is 200 Å². The number of carbonyl (C=O) groups is 1. The zero-order valence-electron chi connectivity index (χ0n) is 19.2. The molecule has 3 rings (SSSR count). The van der Waals surface area contributed by atoms with Crippen LogP contribution < -0.4 is 14.8 Å². The number of hydrogen-bond acceptors (Lipinski definition) is 6. The summed E-state index contributed by atoms with van der Waals surface area (Å²) in [6, 6.07) is 10.6. The Kier molecular flexibility index (Phi) is 8.23. The first-order valence-corrected chi connectivity index (χ1v) is 12.5. The van der Waals surface area contributed by atoms with E-state index in [-0.39, 0.29) is 34.6 Å². The second-order valence-corrected chi connectivity index (χ2v) is 10.5. The molecule has 1 amide bonds. The van der Waals surface area contributed by atoms with Crippen molar-refractivity contribution in [2.75, 3.05) is 38.6 Å². The standard InChI is InChI=1S/C23H30ClN3O5S/c1-15-12-25-16(2)14-32-21-11-18(26-33(29,30)19-7-5-6-17(24)10-19)8-9-20(21)23(28)27(3)13-22(15)31-4/h5-11,15-16,22,25-26H,12-14H2,1-4H3/t15-,16+,22-/m0/s1. The lowest BCUT2D eigenvalue weighted by Gasteiger charge is -2.30. The summed E-state index contributed by atoms with van der Waals surface area (Å²) < 4.78 is 39.7. The van der Waals surface area contributed by atoms with Gasteiger partial charge in [0.2, 0.25) is 0 Å². The lowest BCUT2D eigenvalue weighted by atomic mass is 10.0. The number of likely N-dealkylation sites (N-methyl/N-ethyl adjacent to an activating group) is 1. The molecule has 2 aromatic carbocycles. The van der Waals surface area contributed by atoms with Crippen LogP contribution in [-0.4, -0.2) is 65.2 Å². The number of sulfonamides is 1. The van der Waals surface area contributed by atoms with E-state index in [9.17, 15) is 13.2 Å². The number of halogens is 1. The van der Waals surface area contributed by atoms with Crippen molar-refractivity contribution < 1.29 is 22.7 Å². The number of hydrogen-bond donors (Lipinski definition) is 2. The third-order valence-electron chi connectivity index (χ3n) is 5.59. The molecule has 1 heterocycles. The molecule has 10 heteroatoms. The molecule has 180 valence electrons. The SMILES string of the molecule is CO[C@H]1CN(C)C(=O)c2ccc(NS(=O)(=O)c3cccc(Cl)c3)cc2OC[C@@H](C)NC[C@@H]1C. The van der Waals surface area contributed by atoms with Gasteiger partial charge in [-0.25, -0.2) is 8.42 Å². The van der Waals surface area contributed by atoms with Crippen LogP contribution in [0, 0.1) is 5.92 Å². The average Bonchev–Trinajstić information content (AvgIpc) is 2.78. The molecule has 0 unspecified atom stereocenters. The van der Waals surface area contributed by atoms with Crippen molar-refractivity contribution in [2.24, 2.45) is 5.92 Å². The topological polar surface area (TPSA) is 97.0 Å². The van der Waals surface area contributed by atoms with E-state index in [2.05, 4.69) is 17.0 Å². The number of rotatable bonds is 4. The summed E-state index contributed by atoms with van der Waals surface area (Å²) >= 11 is 5.94. The molecule has 33 heavy (non-hydrogen) atoms. The molecule has 3 atom stereocenters. The highest BCUT2D eigenvalue weighted by Gasteiger charge is 2.26. The minimum atomic E-state index is -3.87. The van der Waals surface area contributed by atoms with Gasteiger partial charge in [-0.1, -0.05) is 24.6 Å². The highest BCUT2D eigenvalue weighted by atomic mass is 35.5. The van der Waals surface area contributed by atoms with Crippen LogP contribution in [0.1, 0.15) is 24.2 Å². The number of nitrogens with zero attached hydrogens (tertiary/aromatic N) is 1. The van der Waals surface area contributed by atoms with Gasteiger partial charge in [0.05, 0.1) is 22.3 Å². The molecular formula is C23H30ClN3O5S. The maximum Gasteiger partial charge on any atom is 0.261 e. The highest BCUT2D eigenvalue weighted by Crippen LogP contribution is 2.28. The first-order valence-electron chi connectivity index (χ1n) is 10.7. The lowest BCUT2D eigenvalue weighted by Crippen LogP contribution is -2.44. The molecule has 1 aliphatic heterocycles. The molecule has 0 saturated heterocycles. The van der Waals surface area contributed by atoms with Gasteiger partial charge in [0, 0.05) is 44.4 Å². The number of nitrogens with one attached hydrogen (secondary N) is 2. The van der Waals surface area contributed by atoms with Gasteiger partial charge >= 0.3 is 0 Å². The Morgan fingerprint density at radius 1 is 1.21 bits per heavy atom. The molecule has 1 aliphatic rings. The van der Waals surface area contributed by atoms with Gasteiger partial charge in [0.15, 0.2) is 0 Å². The van der Waals surface area contributed by atoms with E-state index < -0.39 is 10.0 Å². The second-order valence-electron chi connectivity index (χ2n) is 8.33. The van der Waals surface area contributed by atoms with Crippen molar-refractivity contribution in [3.05, 3.63) is 53.1 Å². The smallest absolute Gasteiger partial charge is 0.261 e. The van der Waals surface area contributed by atoms with Crippen LogP contribution in [0.15, 0.2) is 47.4 Å². The number of benzene rings is 2. The van der Waals surface area contributed by atoms with Gasteiger partial charge in [-0.15, -0.1) is 0 Å². The molecule has 0 spiro atoms. The molecule has 0 radical (unpaired) electrons. The molecule has 0 aliphatic carbocycles. The average molecular weight is 496 g/mol. The van der Waals surface area contributed by atoms with E-state index in [1.165, 1.54) is 18.2 Å². The normalized spacial score (nSPS) is 22.5. The number of anilines is 1. The Morgan fingerprint density at radius 3 is 2.67 bits per heavy atom. The Balaban J connectivity index is 1.92. The monoisotopic (exact) mass is 495 g/mol. The van der Waals surface area contributed by atoms with Crippen molar-refractivity contribution in [1.82, 2.24) is 10.2 Å². The molecule has 0 saturated carbocycles. The minimum absolute atomic E-state index is 0.0110. The fraction of sp³-hybridized carbons (Fsp3) is 0.435. The molecular weight excluding hydrogens is 466 g/mol. The zero-order chi connectivity index (χ0) is 24.2. The summed E-state index contributed by atoms with van der Waals surface area (Å²) in [6.07, 6.45) is -0.133. The van der Waals surface area contributed by atoms with Crippen LogP contribution in [0.3, 0.4) is 0 Å². The third-order valence-corrected chi connectivity index (χ3v) is 7.20. The highest BCUT2D eigenvalue weighted by molar-refractivity contribution is 7.92. The fourth-order valence-electron chi connectivity index (χ4n) is 3.57. The van der Waals surface area contributed by atoms with Crippen LogP contribution in [0.2, 0.25) is 5.02 Å². The molecule has 2 N–H and O–H groups in total. The number of amides is 1. The van der Waals surface area contributed by atoms with Gasteiger partial charge in [-0.2, -0.15) is 0 Å². The van der Waals surface area contributed by atoms with Crippen LogP contribution in [0.25, 0.3) is 0 Å². The van der Waals surface area contributed by atoms with E-state index in [0.29, 0.717) is 36.0 Å². The lowest BCUT2D eigenvalue weighted by molar-refractivity contribution is 0.0281. The van der Waals surface area contributed by atoms with E-state index >= 15 is 0 Å². The number of carbonyl (C=O) groups excluding carboxylic acids is 1. The van der Waals surface area contributed by atoms with Crippen LogP contribution in [0.5, 0.6) is 5.75 Å². The van der Waals surface area contributed by atoms with Crippen molar-refractivity contribution in [3.63, 3.8) is 0 Å². The molecule has 8 nitrogen and oxygen atoms in total. The number of ether oxygens (including phenoxy) is 2. The molecule has 0 bridgehead atoms. The summed E-state index contributed by atoms with van der Waals surface area (Å²) in [5.41, 5.74) is 0.624. The Bertz CT molecular complexity index is 1100. The van der Waals surface area contributed by atoms with Gasteiger partial charge in [-0.3, -0.25) is 9.52 Å². The third kappa shape index (κ3) is 6.38. The Hall–Kier alpha value is -2.33. The first kappa shape index (κ1) is 25.3. The summed E-state index contributed by atoms with van der Waals surface area (Å²) in [6.45, 7) is 5.48. The quantitative estimate of drug-likeness (QED) is 0.676. The molecule has 2 aromatic rings. The van der Waals surface area contributed by atoms with Gasteiger partial charge < -0.3 is 19.7 Å². The maximum absolute atomic E-state index is 13.2. The number of methoxy groups -OCH3 is 1. The van der Waals surface area contributed by atoms with Gasteiger partial charge in [0.1, 0.15) is 12.4 Å². The van der Waals surface area contributed by atoms with Crippen LogP contribution in [0.4, 0.5) is 5.69 Å². The predicted octanol–water partition coefficient (Wildman–Crippen LogP) is 3.23. The summed E-state index contributed by atoms with van der Waals surface area (Å²) in [5, 5.41) is 3.74. The zero-order valence-corrected chi connectivity index (χ0v) is 20.7. The Morgan fingerprint density at radius 2 is 1.97 bits per heavy atom. The van der Waals surface area contributed by atoms with Crippen molar-refractivity contribution in [1.29, 1.82) is 0 Å². The van der Waals surface area contributed by atoms with E-state index in [4.69, 9.17) is 21.1 Å². The van der Waals surface area contributed by atoms with E-state index in [0.717, 1.165) is 0 Å². The summed E-state index contributed by atoms with van der Waals surface area (Å²) in [4.78, 5) is 14.8. The van der Waals surface area contributed by atoms with Crippen LogP contribution in [-0.2, 0) is 14.8 Å². The van der Waals surface area contributed by atoms with Crippen molar-refractivity contribution in [3.8, 4) is 5.75 Å². The maximum atomic E-state index is 13.2. The molecule has 0 fully saturated rings. The van der Waals surface area contributed by atoms with Gasteiger partial charge in [-0.05, 0) is 43.2 Å². The fourth-order valence-corrected chi connectivity index (χ4v) is 4.92. The van der Waals surface area contributed by atoms with Crippen molar-refractivity contribution in [2.45, 2.75) is 30.9 Å². The largest absolute Gasteiger partial charge is 0.491 e. The second kappa shape index (κ2) is 10.7. The minimum Gasteiger partial charge on any atom is -0.491 e. The summed E-state index contributed by atoms with van der Waals surface area (Å²) in [7, 11) is -0.515. The predicted molar refractivity (Wildman–Crippen MR) is 129 cm³/mol. The van der Waals surface area contributed by atoms with Gasteiger partial charge in [0.25, 0.3) is 15.9 Å². The van der Waals surface area contributed by atoms with E-state index in [1.54, 1.807) is 43.3 Å². The molecule has 0 aromatic heterocycles. The first-order chi connectivity index (χ1) is 15.6. The van der Waals surface area contributed by atoms with E-state index in [1.807, 2.05) is 6.92 Å².